The first-order chi connectivity index (χ1) is 13.4. The summed E-state index contributed by atoms with van der Waals surface area (Å²) in [4.78, 5) is 29.5. The van der Waals surface area contributed by atoms with Gasteiger partial charge in [-0.1, -0.05) is 24.3 Å². The largest absolute Gasteiger partial charge is 0.479 e. The molecular formula is C19H13N3O6. The molecule has 1 heterocycles. The van der Waals surface area contributed by atoms with Gasteiger partial charge in [0.15, 0.2) is 5.69 Å². The number of hydrogen-bond donors (Lipinski definition) is 2. The Morgan fingerprint density at radius 1 is 1.18 bits per heavy atom. The molecule has 3 aromatic rings. The molecule has 2 N–H and O–H groups in total. The third kappa shape index (κ3) is 4.28. The molecule has 0 atom stereocenters. The fourth-order valence-corrected chi connectivity index (χ4v) is 2.30. The number of rotatable bonds is 6. The molecule has 2 aromatic carbocycles. The van der Waals surface area contributed by atoms with E-state index in [0.29, 0.717) is 5.56 Å². The topological polar surface area (TPSA) is 139 Å². The zero-order valence-electron chi connectivity index (χ0n) is 14.2. The first-order valence-corrected chi connectivity index (χ1v) is 7.93. The molecule has 0 aliphatic carbocycles. The van der Waals surface area contributed by atoms with Gasteiger partial charge in [-0.3, -0.25) is 15.1 Å². The van der Waals surface area contributed by atoms with E-state index in [-0.39, 0.29) is 28.5 Å². The second-order valence-corrected chi connectivity index (χ2v) is 5.51. The van der Waals surface area contributed by atoms with Crippen molar-refractivity contribution in [2.75, 3.05) is 0 Å². The molecule has 9 heteroatoms. The van der Waals surface area contributed by atoms with Crippen LogP contribution in [0, 0.1) is 10.1 Å². The SMILES string of the molecule is O=C(O)c1ccccc1N=Cc1nc(/C=C/c2cccc([N+](=O)[O-])c2)oc1O. The van der Waals surface area contributed by atoms with Crippen LogP contribution in [0.2, 0.25) is 0 Å². The molecule has 140 valence electrons. The molecule has 0 radical (unpaired) electrons. The maximum Gasteiger partial charge on any atom is 0.337 e. The van der Waals surface area contributed by atoms with Gasteiger partial charge in [-0.25, -0.2) is 9.78 Å². The lowest BCUT2D eigenvalue weighted by molar-refractivity contribution is -0.384. The molecule has 28 heavy (non-hydrogen) atoms. The Labute approximate surface area is 158 Å². The van der Waals surface area contributed by atoms with E-state index in [1.807, 2.05) is 0 Å². The van der Waals surface area contributed by atoms with Crippen LogP contribution < -0.4 is 0 Å². The molecule has 0 spiro atoms. The number of aromatic hydroxyl groups is 1. The predicted molar refractivity (Wildman–Crippen MR) is 101 cm³/mol. The summed E-state index contributed by atoms with van der Waals surface area (Å²) in [5, 5.41) is 29.8. The van der Waals surface area contributed by atoms with E-state index in [1.165, 1.54) is 36.6 Å². The van der Waals surface area contributed by atoms with Crippen LogP contribution in [0.25, 0.3) is 12.2 Å². The van der Waals surface area contributed by atoms with Crippen LogP contribution in [0.15, 0.2) is 57.9 Å². The van der Waals surface area contributed by atoms with E-state index >= 15 is 0 Å². The zero-order chi connectivity index (χ0) is 20.1. The number of carbonyl (C=O) groups is 1. The van der Waals surface area contributed by atoms with E-state index in [4.69, 9.17) is 9.52 Å². The Morgan fingerprint density at radius 3 is 2.71 bits per heavy atom. The maximum absolute atomic E-state index is 11.2. The first kappa shape index (κ1) is 18.5. The van der Waals surface area contributed by atoms with Crippen molar-refractivity contribution in [2.45, 2.75) is 0 Å². The van der Waals surface area contributed by atoms with Gasteiger partial charge in [-0.05, 0) is 23.8 Å². The van der Waals surface area contributed by atoms with Gasteiger partial charge in [-0.2, -0.15) is 0 Å². The van der Waals surface area contributed by atoms with Gasteiger partial charge in [0.2, 0.25) is 5.89 Å². The molecule has 0 unspecified atom stereocenters. The summed E-state index contributed by atoms with van der Waals surface area (Å²) in [5.41, 5.74) is 0.720. The van der Waals surface area contributed by atoms with E-state index in [9.17, 15) is 20.0 Å². The number of para-hydroxylation sites is 1. The van der Waals surface area contributed by atoms with Crippen molar-refractivity contribution in [3.63, 3.8) is 0 Å². The molecule has 0 saturated carbocycles. The maximum atomic E-state index is 11.2. The summed E-state index contributed by atoms with van der Waals surface area (Å²) in [6.45, 7) is 0. The Balaban J connectivity index is 1.81. The van der Waals surface area contributed by atoms with Crippen LogP contribution in [-0.2, 0) is 0 Å². The highest BCUT2D eigenvalue weighted by atomic mass is 16.6. The molecule has 1 aromatic heterocycles. The Hall–Kier alpha value is -4.27. The normalized spacial score (nSPS) is 11.3. The van der Waals surface area contributed by atoms with Crippen molar-refractivity contribution in [3.05, 3.63) is 81.4 Å². The minimum atomic E-state index is -1.13. The second kappa shape index (κ2) is 7.96. The lowest BCUT2D eigenvalue weighted by Gasteiger charge is -1.98. The number of nitrogens with zero attached hydrogens (tertiary/aromatic N) is 3. The van der Waals surface area contributed by atoms with E-state index in [1.54, 1.807) is 30.3 Å². The van der Waals surface area contributed by atoms with Crippen molar-refractivity contribution in [1.82, 2.24) is 4.98 Å². The molecule has 0 amide bonds. The number of hydrogen-bond acceptors (Lipinski definition) is 7. The number of carboxylic acid groups (broad SMARTS) is 1. The number of oxazole rings is 1. The molecule has 0 aliphatic rings. The van der Waals surface area contributed by atoms with Gasteiger partial charge in [-0.15, -0.1) is 0 Å². The first-order valence-electron chi connectivity index (χ1n) is 7.93. The van der Waals surface area contributed by atoms with E-state index in [2.05, 4.69) is 9.98 Å². The van der Waals surface area contributed by atoms with Crippen LogP contribution in [-0.4, -0.2) is 32.3 Å². The highest BCUT2D eigenvalue weighted by molar-refractivity contribution is 5.95. The molecule has 3 rings (SSSR count). The van der Waals surface area contributed by atoms with Gasteiger partial charge in [0, 0.05) is 18.2 Å². The summed E-state index contributed by atoms with van der Waals surface area (Å²) in [5.74, 6) is -1.56. The van der Waals surface area contributed by atoms with Crippen LogP contribution in [0.1, 0.15) is 27.5 Å². The van der Waals surface area contributed by atoms with Crippen LogP contribution in [0.3, 0.4) is 0 Å². The molecule has 0 bridgehead atoms. The van der Waals surface area contributed by atoms with Crippen molar-refractivity contribution >= 4 is 35.7 Å². The number of nitro groups is 1. The van der Waals surface area contributed by atoms with Crippen LogP contribution in [0.5, 0.6) is 5.95 Å². The smallest absolute Gasteiger partial charge is 0.337 e. The van der Waals surface area contributed by atoms with Crippen molar-refractivity contribution in [1.29, 1.82) is 0 Å². The van der Waals surface area contributed by atoms with Crippen LogP contribution >= 0.6 is 0 Å². The number of aliphatic imine (C=N–C) groups is 1. The monoisotopic (exact) mass is 379 g/mol. The van der Waals surface area contributed by atoms with Crippen molar-refractivity contribution < 1.29 is 24.3 Å². The van der Waals surface area contributed by atoms with Crippen molar-refractivity contribution in [3.8, 4) is 5.95 Å². The minimum Gasteiger partial charge on any atom is -0.479 e. The lowest BCUT2D eigenvalue weighted by Crippen LogP contribution is -1.96. The summed E-state index contributed by atoms with van der Waals surface area (Å²) in [7, 11) is 0. The van der Waals surface area contributed by atoms with Gasteiger partial charge in [0.05, 0.1) is 22.4 Å². The van der Waals surface area contributed by atoms with Gasteiger partial charge < -0.3 is 14.6 Å². The number of carboxylic acids is 1. The summed E-state index contributed by atoms with van der Waals surface area (Å²) < 4.78 is 5.10. The quantitative estimate of drug-likeness (QED) is 0.376. The average molecular weight is 379 g/mol. The molecule has 0 saturated heterocycles. The summed E-state index contributed by atoms with van der Waals surface area (Å²) in [6, 6.07) is 12.1. The van der Waals surface area contributed by atoms with Gasteiger partial charge >= 0.3 is 11.9 Å². The van der Waals surface area contributed by atoms with E-state index in [0.717, 1.165) is 0 Å². The third-order valence-corrected chi connectivity index (χ3v) is 3.61. The highest BCUT2D eigenvalue weighted by Crippen LogP contribution is 2.22. The number of non-ortho nitro benzene ring substituents is 1. The fraction of sp³-hybridized carbons (Fsp3) is 0. The highest BCUT2D eigenvalue weighted by Gasteiger charge is 2.11. The molecule has 0 aliphatic heterocycles. The standard InChI is InChI=1S/C19H13N3O6/c23-18(24)14-6-1-2-7-15(14)20-11-16-19(25)28-17(21-16)9-8-12-4-3-5-13(10-12)22(26)27/h1-11,25H,(H,23,24)/b9-8+,20-11?. The molecule has 9 nitrogen and oxygen atoms in total. The number of aromatic nitrogens is 1. The number of aromatic carboxylic acids is 1. The van der Waals surface area contributed by atoms with Gasteiger partial charge in [0.1, 0.15) is 0 Å². The summed E-state index contributed by atoms with van der Waals surface area (Å²) in [6.07, 6.45) is 4.16. The predicted octanol–water partition coefficient (Wildman–Crippen LogP) is 3.91. The lowest BCUT2D eigenvalue weighted by atomic mass is 10.2. The van der Waals surface area contributed by atoms with E-state index < -0.39 is 16.8 Å². The number of benzene rings is 2. The van der Waals surface area contributed by atoms with Crippen LogP contribution in [0.4, 0.5) is 11.4 Å². The minimum absolute atomic E-state index is 0.00697. The fourth-order valence-electron chi connectivity index (χ4n) is 2.30. The zero-order valence-corrected chi connectivity index (χ0v) is 14.2. The molecular weight excluding hydrogens is 366 g/mol. The summed E-state index contributed by atoms with van der Waals surface area (Å²) >= 11 is 0. The Bertz CT molecular complexity index is 1100. The molecule has 0 fully saturated rings. The van der Waals surface area contributed by atoms with Crippen molar-refractivity contribution in [2.24, 2.45) is 4.99 Å². The number of nitro benzene ring substituents is 1. The second-order valence-electron chi connectivity index (χ2n) is 5.51. The Morgan fingerprint density at radius 2 is 1.96 bits per heavy atom. The Kier molecular flexibility index (Phi) is 5.26. The average Bonchev–Trinajstić information content (AvgIpc) is 3.04. The third-order valence-electron chi connectivity index (χ3n) is 3.61. The van der Waals surface area contributed by atoms with Gasteiger partial charge in [0.25, 0.3) is 5.69 Å².